The summed E-state index contributed by atoms with van der Waals surface area (Å²) in [5, 5.41) is 0. The van der Waals surface area contributed by atoms with E-state index >= 15 is 0 Å². The highest BCUT2D eigenvalue weighted by Gasteiger charge is 2.24. The molecule has 0 saturated carbocycles. The molecule has 0 amide bonds. The van der Waals surface area contributed by atoms with E-state index in [2.05, 4.69) is 4.90 Å². The maximum absolute atomic E-state index is 12.7. The molecule has 0 spiro atoms. The second-order valence-electron chi connectivity index (χ2n) is 5.88. The van der Waals surface area contributed by atoms with Crippen LogP contribution in [-0.2, 0) is 14.3 Å². The Hall–Kier alpha value is -1.88. The lowest BCUT2D eigenvalue weighted by Gasteiger charge is -2.26. The molecule has 1 aliphatic heterocycles. The Morgan fingerprint density at radius 3 is 2.04 bits per heavy atom. The van der Waals surface area contributed by atoms with Gasteiger partial charge in [-0.15, -0.1) is 0 Å². The van der Waals surface area contributed by atoms with Gasteiger partial charge in [-0.25, -0.2) is 0 Å². The van der Waals surface area contributed by atoms with Crippen LogP contribution < -0.4 is 12.4 Å². The van der Waals surface area contributed by atoms with Crippen molar-refractivity contribution < 1.29 is 28.1 Å². The van der Waals surface area contributed by atoms with E-state index in [-0.39, 0.29) is 25.7 Å². The van der Waals surface area contributed by atoms with Gasteiger partial charge in [-0.05, 0) is 11.1 Å². The summed E-state index contributed by atoms with van der Waals surface area (Å²) in [4.78, 5) is 15.0. The Morgan fingerprint density at radius 2 is 1.52 bits per heavy atom. The van der Waals surface area contributed by atoms with E-state index in [1.54, 1.807) is 0 Å². The number of morpholine rings is 1. The van der Waals surface area contributed by atoms with Crippen LogP contribution in [0.1, 0.15) is 18.5 Å². The molecule has 134 valence electrons. The molecule has 5 heteroatoms. The minimum absolute atomic E-state index is 0. The summed E-state index contributed by atoms with van der Waals surface area (Å²) in [6.07, 6.45) is 0. The molecule has 1 aliphatic rings. The molecule has 25 heavy (non-hydrogen) atoms. The van der Waals surface area contributed by atoms with E-state index in [1.807, 2.05) is 60.7 Å². The van der Waals surface area contributed by atoms with Crippen LogP contribution in [0.25, 0.3) is 0 Å². The van der Waals surface area contributed by atoms with Gasteiger partial charge in [0, 0.05) is 19.6 Å². The van der Waals surface area contributed by atoms with Crippen LogP contribution in [0.2, 0.25) is 0 Å². The van der Waals surface area contributed by atoms with E-state index in [9.17, 15) is 4.79 Å². The second kappa shape index (κ2) is 10.2. The number of ether oxygens (including phenoxy) is 2. The van der Waals surface area contributed by atoms with Crippen LogP contribution in [0.3, 0.4) is 0 Å². The molecule has 0 unspecified atom stereocenters. The molecule has 0 radical (unpaired) electrons. The highest BCUT2D eigenvalue weighted by atomic mass is 35.5. The second-order valence-corrected chi connectivity index (χ2v) is 5.88. The van der Waals surface area contributed by atoms with Crippen molar-refractivity contribution in [3.05, 3.63) is 71.8 Å². The van der Waals surface area contributed by atoms with E-state index in [0.717, 1.165) is 44.0 Å². The Kier molecular flexibility index (Phi) is 7.92. The Balaban J connectivity index is 0.00000169. The molecule has 3 rings (SSSR count). The van der Waals surface area contributed by atoms with Crippen molar-refractivity contribution in [1.29, 1.82) is 0 Å². The summed E-state index contributed by atoms with van der Waals surface area (Å²) in [6.45, 7) is 4.48. The third-order valence-electron chi connectivity index (χ3n) is 4.26. The molecule has 2 aromatic carbocycles. The molecule has 0 bridgehead atoms. The van der Waals surface area contributed by atoms with Gasteiger partial charge in [0.15, 0.2) is 0 Å². The Morgan fingerprint density at radius 1 is 1.00 bits per heavy atom. The predicted molar refractivity (Wildman–Crippen MR) is 94.1 cm³/mol. The van der Waals surface area contributed by atoms with Gasteiger partial charge in [0.25, 0.3) is 0 Å². The summed E-state index contributed by atoms with van der Waals surface area (Å²) in [7, 11) is 0. The van der Waals surface area contributed by atoms with Gasteiger partial charge < -0.3 is 21.9 Å². The normalized spacial score (nSPS) is 14.8. The zero-order chi connectivity index (χ0) is 16.6. The van der Waals surface area contributed by atoms with Gasteiger partial charge in [0.1, 0.15) is 12.5 Å². The average Bonchev–Trinajstić information content (AvgIpc) is 2.65. The monoisotopic (exact) mass is 361 g/mol. The SMILES string of the molecule is O=C(OCCN1CCOCC1)C(c1ccccc1)c1ccccc1.[Cl-].[H+]. The number of hydrogen-bond acceptors (Lipinski definition) is 4. The molecule has 4 nitrogen and oxygen atoms in total. The van der Waals surface area contributed by atoms with Crippen LogP contribution in [0, 0.1) is 0 Å². The van der Waals surface area contributed by atoms with E-state index < -0.39 is 0 Å². The third kappa shape index (κ3) is 5.56. The van der Waals surface area contributed by atoms with Crippen molar-refractivity contribution in [2.75, 3.05) is 39.5 Å². The number of hydrogen-bond donors (Lipinski definition) is 0. The topological polar surface area (TPSA) is 38.8 Å². The molecule has 0 aromatic heterocycles. The first-order valence-electron chi connectivity index (χ1n) is 8.41. The highest BCUT2D eigenvalue weighted by molar-refractivity contribution is 5.82. The fourth-order valence-corrected chi connectivity index (χ4v) is 2.94. The number of esters is 1. The fraction of sp³-hybridized carbons (Fsp3) is 0.350. The standard InChI is InChI=1S/C20H23NO3.ClH/c22-20(24-16-13-21-11-14-23-15-12-21)19(17-7-3-1-4-8-17)18-9-5-2-6-10-18;/h1-10,19H,11-16H2;1H. The van der Waals surface area contributed by atoms with Gasteiger partial charge in [0.05, 0.1) is 13.2 Å². The summed E-state index contributed by atoms with van der Waals surface area (Å²) < 4.78 is 10.9. The first-order valence-corrected chi connectivity index (χ1v) is 8.41. The van der Waals surface area contributed by atoms with Crippen LogP contribution in [0.4, 0.5) is 0 Å². The van der Waals surface area contributed by atoms with Gasteiger partial charge in [0.2, 0.25) is 0 Å². The van der Waals surface area contributed by atoms with E-state index in [0.29, 0.717) is 6.61 Å². The number of halogens is 1. The summed E-state index contributed by atoms with van der Waals surface area (Å²) in [6, 6.07) is 19.6. The first kappa shape index (κ1) is 19.4. The maximum Gasteiger partial charge on any atom is 1.00 e. The minimum Gasteiger partial charge on any atom is -1.00 e. The van der Waals surface area contributed by atoms with Crippen molar-refractivity contribution in [3.63, 3.8) is 0 Å². The molecule has 0 atom stereocenters. The third-order valence-corrected chi connectivity index (χ3v) is 4.26. The van der Waals surface area contributed by atoms with Gasteiger partial charge in [-0.1, -0.05) is 60.7 Å². The van der Waals surface area contributed by atoms with Crippen molar-refractivity contribution in [3.8, 4) is 0 Å². The highest BCUT2D eigenvalue weighted by Crippen LogP contribution is 2.25. The number of benzene rings is 2. The lowest BCUT2D eigenvalue weighted by atomic mass is 9.91. The quantitative estimate of drug-likeness (QED) is 0.669. The van der Waals surface area contributed by atoms with E-state index in [4.69, 9.17) is 9.47 Å². The van der Waals surface area contributed by atoms with Crippen molar-refractivity contribution in [2.45, 2.75) is 5.92 Å². The number of rotatable bonds is 6. The molecule has 1 saturated heterocycles. The zero-order valence-electron chi connectivity index (χ0n) is 15.1. The molecule has 0 aliphatic carbocycles. The fourth-order valence-electron chi connectivity index (χ4n) is 2.94. The molecule has 2 aromatic rings. The molecule has 1 fully saturated rings. The number of carbonyl (C=O) groups is 1. The lowest BCUT2D eigenvalue weighted by Crippen LogP contribution is -3.00. The summed E-state index contributed by atoms with van der Waals surface area (Å²) in [5.74, 6) is -0.572. The van der Waals surface area contributed by atoms with Crippen LogP contribution in [0.5, 0.6) is 0 Å². The van der Waals surface area contributed by atoms with Crippen LogP contribution in [-0.4, -0.2) is 50.3 Å². The molecular weight excluding hydrogens is 338 g/mol. The van der Waals surface area contributed by atoms with Gasteiger partial charge >= 0.3 is 7.40 Å². The first-order chi connectivity index (χ1) is 11.8. The maximum atomic E-state index is 12.7. The number of carbonyl (C=O) groups excluding carboxylic acids is 1. The average molecular weight is 362 g/mol. The predicted octanol–water partition coefficient (Wildman–Crippen LogP) is -0.190. The molecular formula is C20H24ClNO3. The summed E-state index contributed by atoms with van der Waals surface area (Å²) >= 11 is 0. The Labute approximate surface area is 156 Å². The van der Waals surface area contributed by atoms with Gasteiger partial charge in [-0.3, -0.25) is 9.69 Å². The van der Waals surface area contributed by atoms with Crippen molar-refractivity contribution in [1.82, 2.24) is 4.90 Å². The minimum atomic E-state index is -0.378. The lowest BCUT2D eigenvalue weighted by molar-refractivity contribution is -0.145. The molecule has 0 N–H and O–H groups in total. The van der Waals surface area contributed by atoms with Crippen LogP contribution in [0.15, 0.2) is 60.7 Å². The largest absolute Gasteiger partial charge is 1.00 e. The number of nitrogens with zero attached hydrogens (tertiary/aromatic N) is 1. The van der Waals surface area contributed by atoms with Crippen molar-refractivity contribution in [2.24, 2.45) is 0 Å². The van der Waals surface area contributed by atoms with Gasteiger partial charge in [-0.2, -0.15) is 0 Å². The van der Waals surface area contributed by atoms with Crippen molar-refractivity contribution >= 4 is 5.97 Å². The summed E-state index contributed by atoms with van der Waals surface area (Å²) in [5.41, 5.74) is 1.92. The zero-order valence-corrected chi connectivity index (χ0v) is 14.9. The Bertz CT molecular complexity index is 597. The van der Waals surface area contributed by atoms with Crippen LogP contribution >= 0.6 is 0 Å². The molecule has 1 heterocycles. The van der Waals surface area contributed by atoms with E-state index in [1.165, 1.54) is 0 Å². The smallest absolute Gasteiger partial charge is 1.00 e.